The van der Waals surface area contributed by atoms with E-state index < -0.39 is 4.92 Å². The van der Waals surface area contributed by atoms with Gasteiger partial charge in [-0.3, -0.25) is 14.9 Å². The molecule has 1 aromatic rings. The average Bonchev–Trinajstić information content (AvgIpc) is 2.38. The van der Waals surface area contributed by atoms with E-state index in [9.17, 15) is 14.9 Å². The highest BCUT2D eigenvalue weighted by Crippen LogP contribution is 2.31. The molecule has 1 atom stereocenters. The maximum absolute atomic E-state index is 11.7. The van der Waals surface area contributed by atoms with Crippen molar-refractivity contribution < 1.29 is 9.72 Å². The molecule has 1 saturated heterocycles. The molecule has 0 bridgehead atoms. The largest absolute Gasteiger partial charge is 0.341 e. The molecule has 2 rings (SSSR count). The van der Waals surface area contributed by atoms with Gasteiger partial charge in [-0.15, -0.1) is 0 Å². The highest BCUT2D eigenvalue weighted by Gasteiger charge is 2.31. The van der Waals surface area contributed by atoms with Crippen molar-refractivity contribution in [3.05, 3.63) is 27.9 Å². The summed E-state index contributed by atoms with van der Waals surface area (Å²) >= 11 is 0. The second kappa shape index (κ2) is 5.34. The van der Waals surface area contributed by atoms with Gasteiger partial charge in [0.05, 0.1) is 11.0 Å². The van der Waals surface area contributed by atoms with E-state index in [1.807, 2.05) is 0 Å². The number of piperidine rings is 1. The lowest BCUT2D eigenvalue weighted by atomic mass is 9.99. The van der Waals surface area contributed by atoms with Crippen LogP contribution in [-0.4, -0.2) is 28.3 Å². The molecule has 1 aliphatic heterocycles. The lowest BCUT2D eigenvalue weighted by molar-refractivity contribution is -0.384. The number of pyridine rings is 1. The number of ketones is 1. The number of carbonyl (C=O) groups excluding carboxylic acids is 1. The summed E-state index contributed by atoms with van der Waals surface area (Å²) in [6, 6.07) is 1.22. The molecule has 102 valence electrons. The van der Waals surface area contributed by atoms with Gasteiger partial charge in [0, 0.05) is 18.8 Å². The van der Waals surface area contributed by atoms with Crippen molar-refractivity contribution in [1.29, 1.82) is 0 Å². The van der Waals surface area contributed by atoms with Crippen molar-refractivity contribution in [2.24, 2.45) is 0 Å². The number of rotatable bonds is 3. The number of Topliss-reactive ketones (excluding diaryl/α,β-unsaturated/α-hetero) is 1. The van der Waals surface area contributed by atoms with Gasteiger partial charge in [-0.2, -0.15) is 0 Å². The van der Waals surface area contributed by atoms with Crippen LogP contribution in [-0.2, 0) is 4.79 Å². The fourth-order valence-corrected chi connectivity index (χ4v) is 2.51. The SMILES string of the molecule is CC(=O)C1CCCCN1c1ncc(C)cc1[N+](=O)[O-]. The smallest absolute Gasteiger partial charge is 0.311 e. The molecule has 0 radical (unpaired) electrons. The Morgan fingerprint density at radius 3 is 2.89 bits per heavy atom. The third kappa shape index (κ3) is 2.72. The van der Waals surface area contributed by atoms with Crippen LogP contribution >= 0.6 is 0 Å². The van der Waals surface area contributed by atoms with Gasteiger partial charge in [0.1, 0.15) is 0 Å². The number of nitro groups is 1. The van der Waals surface area contributed by atoms with Crippen LogP contribution in [0.15, 0.2) is 12.3 Å². The third-order valence-corrected chi connectivity index (χ3v) is 3.42. The third-order valence-electron chi connectivity index (χ3n) is 3.42. The monoisotopic (exact) mass is 263 g/mol. The summed E-state index contributed by atoms with van der Waals surface area (Å²) < 4.78 is 0. The Balaban J connectivity index is 2.44. The first kappa shape index (κ1) is 13.5. The Labute approximate surface area is 111 Å². The molecule has 0 spiro atoms. The van der Waals surface area contributed by atoms with Crippen LogP contribution in [0.4, 0.5) is 11.5 Å². The molecular formula is C13H17N3O3. The first-order chi connectivity index (χ1) is 9.00. The highest BCUT2D eigenvalue weighted by atomic mass is 16.6. The van der Waals surface area contributed by atoms with Crippen molar-refractivity contribution in [2.45, 2.75) is 39.2 Å². The van der Waals surface area contributed by atoms with Crippen LogP contribution in [0.1, 0.15) is 31.7 Å². The van der Waals surface area contributed by atoms with Gasteiger partial charge in [-0.25, -0.2) is 4.98 Å². The van der Waals surface area contributed by atoms with E-state index in [-0.39, 0.29) is 17.5 Å². The minimum absolute atomic E-state index is 0.0202. The molecule has 1 aliphatic rings. The lowest BCUT2D eigenvalue weighted by Gasteiger charge is -2.34. The fourth-order valence-electron chi connectivity index (χ4n) is 2.51. The van der Waals surface area contributed by atoms with Gasteiger partial charge in [0.15, 0.2) is 5.78 Å². The van der Waals surface area contributed by atoms with Gasteiger partial charge >= 0.3 is 5.69 Å². The van der Waals surface area contributed by atoms with Crippen molar-refractivity contribution in [1.82, 2.24) is 4.98 Å². The van der Waals surface area contributed by atoms with Crippen LogP contribution in [0.2, 0.25) is 0 Å². The number of nitrogens with zero attached hydrogens (tertiary/aromatic N) is 3. The zero-order valence-corrected chi connectivity index (χ0v) is 11.1. The summed E-state index contributed by atoms with van der Waals surface area (Å²) in [7, 11) is 0. The predicted molar refractivity (Wildman–Crippen MR) is 71.3 cm³/mol. The van der Waals surface area contributed by atoms with Crippen molar-refractivity contribution in [3.8, 4) is 0 Å². The molecular weight excluding hydrogens is 246 g/mol. The van der Waals surface area contributed by atoms with E-state index in [0.717, 1.165) is 24.8 Å². The minimum atomic E-state index is -0.429. The zero-order chi connectivity index (χ0) is 14.0. The quantitative estimate of drug-likeness (QED) is 0.617. The molecule has 1 fully saturated rings. The Morgan fingerprint density at radius 1 is 1.53 bits per heavy atom. The van der Waals surface area contributed by atoms with Crippen molar-refractivity contribution in [2.75, 3.05) is 11.4 Å². The molecule has 1 unspecified atom stereocenters. The zero-order valence-electron chi connectivity index (χ0n) is 11.1. The summed E-state index contributed by atoms with van der Waals surface area (Å²) in [5, 5.41) is 11.1. The number of carbonyl (C=O) groups is 1. The Hall–Kier alpha value is -1.98. The first-order valence-electron chi connectivity index (χ1n) is 6.39. The first-order valence-corrected chi connectivity index (χ1v) is 6.39. The summed E-state index contributed by atoms with van der Waals surface area (Å²) in [5.74, 6) is 0.354. The van der Waals surface area contributed by atoms with Crippen molar-refractivity contribution in [3.63, 3.8) is 0 Å². The molecule has 0 saturated carbocycles. The molecule has 0 aliphatic carbocycles. The number of anilines is 1. The van der Waals surface area contributed by atoms with Crippen LogP contribution in [0.25, 0.3) is 0 Å². The number of hydrogen-bond donors (Lipinski definition) is 0. The molecule has 0 N–H and O–H groups in total. The standard InChI is InChI=1S/C13H17N3O3/c1-9-7-12(16(18)19)13(14-8-9)15-6-4-3-5-11(15)10(2)17/h7-8,11H,3-6H2,1-2H3. The summed E-state index contributed by atoms with van der Waals surface area (Å²) in [4.78, 5) is 28.4. The van der Waals surface area contributed by atoms with E-state index in [1.165, 1.54) is 13.0 Å². The number of aromatic nitrogens is 1. The Kier molecular flexibility index (Phi) is 3.78. The highest BCUT2D eigenvalue weighted by molar-refractivity contribution is 5.85. The average molecular weight is 263 g/mol. The Morgan fingerprint density at radius 2 is 2.26 bits per heavy atom. The second-order valence-electron chi connectivity index (χ2n) is 4.93. The molecule has 6 nitrogen and oxygen atoms in total. The minimum Gasteiger partial charge on any atom is -0.341 e. The van der Waals surface area contributed by atoms with Crippen LogP contribution in [0, 0.1) is 17.0 Å². The van der Waals surface area contributed by atoms with Gasteiger partial charge < -0.3 is 4.90 Å². The van der Waals surface area contributed by atoms with Crippen LogP contribution < -0.4 is 4.90 Å². The van der Waals surface area contributed by atoms with Gasteiger partial charge in [0.25, 0.3) is 0 Å². The van der Waals surface area contributed by atoms with Crippen molar-refractivity contribution >= 4 is 17.3 Å². The maximum atomic E-state index is 11.7. The van der Waals surface area contributed by atoms with Gasteiger partial charge in [0.2, 0.25) is 5.82 Å². The molecule has 1 aromatic heterocycles. The molecule has 0 aromatic carbocycles. The number of aryl methyl sites for hydroxylation is 1. The van der Waals surface area contributed by atoms with E-state index in [4.69, 9.17) is 0 Å². The molecule has 2 heterocycles. The van der Waals surface area contributed by atoms with Gasteiger partial charge in [-0.05, 0) is 38.7 Å². The lowest BCUT2D eigenvalue weighted by Crippen LogP contribution is -2.44. The van der Waals surface area contributed by atoms with E-state index in [2.05, 4.69) is 4.98 Å². The predicted octanol–water partition coefficient (Wildman–Crippen LogP) is 2.25. The fraction of sp³-hybridized carbons (Fsp3) is 0.538. The summed E-state index contributed by atoms with van der Waals surface area (Å²) in [5.41, 5.74) is 0.722. The molecule has 6 heteroatoms. The van der Waals surface area contributed by atoms with E-state index in [0.29, 0.717) is 12.4 Å². The topological polar surface area (TPSA) is 76.3 Å². The van der Waals surface area contributed by atoms with Crippen LogP contribution in [0.5, 0.6) is 0 Å². The summed E-state index contributed by atoms with van der Waals surface area (Å²) in [6.45, 7) is 3.94. The second-order valence-corrected chi connectivity index (χ2v) is 4.93. The molecule has 19 heavy (non-hydrogen) atoms. The van der Waals surface area contributed by atoms with Crippen LogP contribution in [0.3, 0.4) is 0 Å². The number of hydrogen-bond acceptors (Lipinski definition) is 5. The maximum Gasteiger partial charge on any atom is 0.311 e. The normalized spacial score (nSPS) is 19.3. The summed E-state index contributed by atoms with van der Waals surface area (Å²) in [6.07, 6.45) is 4.24. The Bertz CT molecular complexity index is 516. The van der Waals surface area contributed by atoms with E-state index >= 15 is 0 Å². The molecule has 0 amide bonds. The van der Waals surface area contributed by atoms with E-state index in [1.54, 1.807) is 18.0 Å². The van der Waals surface area contributed by atoms with Gasteiger partial charge in [-0.1, -0.05) is 0 Å².